The minimum atomic E-state index is -0.943. The van der Waals surface area contributed by atoms with Gasteiger partial charge in [0.25, 0.3) is 0 Å². The van der Waals surface area contributed by atoms with Crippen LogP contribution in [0, 0.1) is 17.5 Å². The smallest absolute Gasteiger partial charge is 0.152 e. The number of anilines is 1. The van der Waals surface area contributed by atoms with E-state index in [9.17, 15) is 13.2 Å². The molecule has 0 bridgehead atoms. The number of nitrogens with zero attached hydrogens (tertiary/aromatic N) is 1. The van der Waals surface area contributed by atoms with Crippen LogP contribution >= 0.6 is 11.3 Å². The monoisotopic (exact) mass is 244 g/mol. The van der Waals surface area contributed by atoms with Crippen molar-refractivity contribution in [3.8, 4) is 0 Å². The summed E-state index contributed by atoms with van der Waals surface area (Å²) in [6, 6.07) is 1.27. The number of rotatable bonds is 3. The third-order valence-corrected chi connectivity index (χ3v) is 2.71. The third-order valence-electron chi connectivity index (χ3n) is 1.93. The van der Waals surface area contributed by atoms with E-state index in [-0.39, 0.29) is 12.2 Å². The SMILES string of the molecule is Fc1cc(F)c(NCc2cncs2)c(F)c1. The largest absolute Gasteiger partial charge is 0.375 e. The molecule has 2 rings (SSSR count). The van der Waals surface area contributed by atoms with E-state index in [2.05, 4.69) is 10.3 Å². The Morgan fingerprint density at radius 3 is 2.44 bits per heavy atom. The summed E-state index contributed by atoms with van der Waals surface area (Å²) in [6.45, 7) is 0.254. The maximum absolute atomic E-state index is 13.2. The number of aromatic nitrogens is 1. The third kappa shape index (κ3) is 2.33. The van der Waals surface area contributed by atoms with Gasteiger partial charge in [-0.3, -0.25) is 4.98 Å². The van der Waals surface area contributed by atoms with Gasteiger partial charge in [-0.25, -0.2) is 13.2 Å². The second-order valence-electron chi connectivity index (χ2n) is 3.07. The second kappa shape index (κ2) is 4.52. The Hall–Kier alpha value is -1.56. The van der Waals surface area contributed by atoms with Crippen LogP contribution in [0.4, 0.5) is 18.9 Å². The van der Waals surface area contributed by atoms with Gasteiger partial charge in [0.05, 0.1) is 12.1 Å². The molecule has 0 aliphatic rings. The number of benzene rings is 1. The summed E-state index contributed by atoms with van der Waals surface area (Å²) < 4.78 is 39.0. The summed E-state index contributed by atoms with van der Waals surface area (Å²) >= 11 is 1.36. The summed E-state index contributed by atoms with van der Waals surface area (Å²) in [7, 11) is 0. The van der Waals surface area contributed by atoms with E-state index in [4.69, 9.17) is 0 Å². The highest BCUT2D eigenvalue weighted by atomic mass is 32.1. The van der Waals surface area contributed by atoms with Crippen LogP contribution in [-0.2, 0) is 6.54 Å². The number of hydrogen-bond acceptors (Lipinski definition) is 3. The fourth-order valence-corrected chi connectivity index (χ4v) is 1.75. The first-order chi connectivity index (χ1) is 7.66. The van der Waals surface area contributed by atoms with Crippen LogP contribution < -0.4 is 5.32 Å². The zero-order valence-electron chi connectivity index (χ0n) is 8.01. The molecular formula is C10H7F3N2S. The molecule has 1 N–H and O–H groups in total. The van der Waals surface area contributed by atoms with E-state index >= 15 is 0 Å². The van der Waals surface area contributed by atoms with Crippen molar-refractivity contribution in [1.82, 2.24) is 4.98 Å². The van der Waals surface area contributed by atoms with Crippen molar-refractivity contribution < 1.29 is 13.2 Å². The first-order valence-corrected chi connectivity index (χ1v) is 5.30. The molecule has 0 spiro atoms. The quantitative estimate of drug-likeness (QED) is 0.897. The Labute approximate surface area is 93.8 Å². The number of halogens is 3. The molecule has 0 amide bonds. The Bertz CT molecular complexity index is 462. The highest BCUT2D eigenvalue weighted by molar-refractivity contribution is 7.09. The second-order valence-corrected chi connectivity index (χ2v) is 4.04. The molecule has 0 saturated heterocycles. The molecule has 0 atom stereocenters. The number of thiazole rings is 1. The molecule has 1 aromatic heterocycles. The van der Waals surface area contributed by atoms with E-state index in [0.29, 0.717) is 12.1 Å². The van der Waals surface area contributed by atoms with E-state index in [1.54, 1.807) is 11.7 Å². The van der Waals surface area contributed by atoms with Crippen molar-refractivity contribution in [2.75, 3.05) is 5.32 Å². The zero-order chi connectivity index (χ0) is 11.5. The molecule has 0 unspecified atom stereocenters. The molecule has 16 heavy (non-hydrogen) atoms. The van der Waals surface area contributed by atoms with Gasteiger partial charge in [-0.1, -0.05) is 0 Å². The van der Waals surface area contributed by atoms with Crippen molar-refractivity contribution in [1.29, 1.82) is 0 Å². The average molecular weight is 244 g/mol. The van der Waals surface area contributed by atoms with Gasteiger partial charge in [0, 0.05) is 23.2 Å². The predicted octanol–water partition coefficient (Wildman–Crippen LogP) is 3.17. The van der Waals surface area contributed by atoms with E-state index in [0.717, 1.165) is 4.88 Å². The van der Waals surface area contributed by atoms with Gasteiger partial charge in [0.1, 0.15) is 11.5 Å². The van der Waals surface area contributed by atoms with Gasteiger partial charge in [0.15, 0.2) is 11.6 Å². The molecule has 84 valence electrons. The standard InChI is InChI=1S/C10H7F3N2S/c11-6-1-8(12)10(9(13)2-6)15-4-7-3-14-5-16-7/h1-3,5,15H,4H2. The van der Waals surface area contributed by atoms with E-state index < -0.39 is 17.5 Å². The summed E-state index contributed by atoms with van der Waals surface area (Å²) in [5.41, 5.74) is 1.30. The molecular weight excluding hydrogens is 237 g/mol. The molecule has 0 aliphatic heterocycles. The summed E-state index contributed by atoms with van der Waals surface area (Å²) in [6.07, 6.45) is 1.59. The maximum Gasteiger partial charge on any atom is 0.152 e. The lowest BCUT2D eigenvalue weighted by Gasteiger charge is -2.07. The summed E-state index contributed by atoms with van der Waals surface area (Å²) in [4.78, 5) is 4.66. The molecule has 1 aromatic carbocycles. The van der Waals surface area contributed by atoms with Crippen molar-refractivity contribution in [2.45, 2.75) is 6.54 Å². The van der Waals surface area contributed by atoms with Crippen LogP contribution in [0.15, 0.2) is 23.8 Å². The van der Waals surface area contributed by atoms with Crippen LogP contribution in [0.5, 0.6) is 0 Å². The Balaban J connectivity index is 2.15. The van der Waals surface area contributed by atoms with E-state index in [1.807, 2.05) is 0 Å². The normalized spacial score (nSPS) is 10.4. The fourth-order valence-electron chi connectivity index (χ4n) is 1.22. The Morgan fingerprint density at radius 2 is 1.88 bits per heavy atom. The van der Waals surface area contributed by atoms with Crippen molar-refractivity contribution in [3.63, 3.8) is 0 Å². The predicted molar refractivity (Wildman–Crippen MR) is 55.8 cm³/mol. The lowest BCUT2D eigenvalue weighted by atomic mass is 10.2. The van der Waals surface area contributed by atoms with Crippen LogP contribution in [0.25, 0.3) is 0 Å². The van der Waals surface area contributed by atoms with Crippen molar-refractivity contribution in [3.05, 3.63) is 46.2 Å². The van der Waals surface area contributed by atoms with Gasteiger partial charge >= 0.3 is 0 Å². The van der Waals surface area contributed by atoms with Gasteiger partial charge in [-0.2, -0.15) is 0 Å². The minimum absolute atomic E-state index is 0.254. The van der Waals surface area contributed by atoms with Gasteiger partial charge in [0.2, 0.25) is 0 Å². The fraction of sp³-hybridized carbons (Fsp3) is 0.100. The molecule has 2 nitrogen and oxygen atoms in total. The van der Waals surface area contributed by atoms with Gasteiger partial charge in [-0.05, 0) is 0 Å². The van der Waals surface area contributed by atoms with Crippen molar-refractivity contribution in [2.24, 2.45) is 0 Å². The molecule has 2 aromatic rings. The maximum atomic E-state index is 13.2. The van der Waals surface area contributed by atoms with Crippen LogP contribution in [0.2, 0.25) is 0 Å². The lowest BCUT2D eigenvalue weighted by molar-refractivity contribution is 0.547. The van der Waals surface area contributed by atoms with Crippen molar-refractivity contribution >= 4 is 17.0 Å². The van der Waals surface area contributed by atoms with Gasteiger partial charge < -0.3 is 5.32 Å². The number of hydrogen-bond donors (Lipinski definition) is 1. The lowest BCUT2D eigenvalue weighted by Crippen LogP contribution is -2.03. The van der Waals surface area contributed by atoms with Crippen LogP contribution in [0.1, 0.15) is 4.88 Å². The topological polar surface area (TPSA) is 24.9 Å². The Morgan fingerprint density at radius 1 is 1.19 bits per heavy atom. The highest BCUT2D eigenvalue weighted by Gasteiger charge is 2.10. The van der Waals surface area contributed by atoms with E-state index in [1.165, 1.54) is 11.3 Å². The minimum Gasteiger partial charge on any atom is -0.375 e. The van der Waals surface area contributed by atoms with Crippen LogP contribution in [0.3, 0.4) is 0 Å². The first kappa shape index (κ1) is 10.9. The number of nitrogens with one attached hydrogen (secondary N) is 1. The molecule has 0 fully saturated rings. The zero-order valence-corrected chi connectivity index (χ0v) is 8.82. The first-order valence-electron chi connectivity index (χ1n) is 4.42. The molecule has 6 heteroatoms. The summed E-state index contributed by atoms with van der Waals surface area (Å²) in [5, 5.41) is 2.56. The van der Waals surface area contributed by atoms with Crippen LogP contribution in [-0.4, -0.2) is 4.98 Å². The highest BCUT2D eigenvalue weighted by Crippen LogP contribution is 2.21. The Kier molecular flexibility index (Phi) is 3.09. The molecule has 0 saturated carbocycles. The summed E-state index contributed by atoms with van der Waals surface area (Å²) in [5.74, 6) is -2.82. The van der Waals surface area contributed by atoms with Gasteiger partial charge in [-0.15, -0.1) is 11.3 Å². The average Bonchev–Trinajstić information content (AvgIpc) is 2.68. The molecule has 0 aliphatic carbocycles. The molecule has 0 radical (unpaired) electrons. The molecule has 1 heterocycles.